The molecule has 2 amide bonds. The minimum atomic E-state index is -0.180. The van der Waals surface area contributed by atoms with Crippen molar-refractivity contribution >= 4 is 6.03 Å². The quantitative estimate of drug-likeness (QED) is 0.680. The molecule has 2 unspecified atom stereocenters. The summed E-state index contributed by atoms with van der Waals surface area (Å²) in [6.07, 6.45) is 0.820. The second kappa shape index (κ2) is 7.48. The molecule has 0 aliphatic carbocycles. The topological polar surface area (TPSA) is 61.8 Å². The Kier molecular flexibility index (Phi) is 7.07. The highest BCUT2D eigenvalue weighted by molar-refractivity contribution is 5.74. The molecule has 0 fully saturated rings. The van der Waals surface area contributed by atoms with Crippen molar-refractivity contribution in [1.82, 2.24) is 10.2 Å². The Bertz CT molecular complexity index is 188. The number of nitrogens with zero attached hydrogens (tertiary/aromatic N) is 1. The maximum absolute atomic E-state index is 11.6. The fourth-order valence-electron chi connectivity index (χ4n) is 1.06. The van der Waals surface area contributed by atoms with Crippen LogP contribution >= 0.6 is 0 Å². The molecule has 2 atom stereocenters. The van der Waals surface area contributed by atoms with Crippen LogP contribution in [-0.2, 0) is 4.74 Å². The summed E-state index contributed by atoms with van der Waals surface area (Å²) in [5.74, 6) is 0. The highest BCUT2D eigenvalue weighted by atomic mass is 16.5. The summed E-state index contributed by atoms with van der Waals surface area (Å²) >= 11 is 0. The van der Waals surface area contributed by atoms with Crippen LogP contribution in [-0.4, -0.2) is 55.5 Å². The minimum Gasteiger partial charge on any atom is -0.394 e. The molecule has 0 aromatic heterocycles. The van der Waals surface area contributed by atoms with E-state index in [1.54, 1.807) is 21.1 Å². The van der Waals surface area contributed by atoms with E-state index in [1.165, 1.54) is 4.90 Å². The van der Waals surface area contributed by atoms with E-state index in [1.807, 2.05) is 6.92 Å². The first-order valence-electron chi connectivity index (χ1n) is 5.19. The van der Waals surface area contributed by atoms with Gasteiger partial charge in [0.05, 0.1) is 25.3 Å². The molecule has 0 aromatic carbocycles. The van der Waals surface area contributed by atoms with Gasteiger partial charge in [-0.2, -0.15) is 0 Å². The lowest BCUT2D eigenvalue weighted by atomic mass is 10.2. The number of ether oxygens (including phenoxy) is 1. The van der Waals surface area contributed by atoms with Gasteiger partial charge in [-0.1, -0.05) is 6.92 Å². The standard InChI is InChI=1S/C10H22N2O3/c1-5-9(7-15-4)11-10(14)12(3)8(2)6-13/h8-9,13H,5-7H2,1-4H3,(H,11,14). The molecular weight excluding hydrogens is 196 g/mol. The Labute approximate surface area is 91.4 Å². The summed E-state index contributed by atoms with van der Waals surface area (Å²) < 4.78 is 4.98. The van der Waals surface area contributed by atoms with E-state index in [4.69, 9.17) is 9.84 Å². The zero-order chi connectivity index (χ0) is 11.8. The molecule has 90 valence electrons. The molecule has 5 heteroatoms. The van der Waals surface area contributed by atoms with Gasteiger partial charge in [-0.15, -0.1) is 0 Å². The third kappa shape index (κ3) is 4.99. The van der Waals surface area contributed by atoms with Gasteiger partial charge in [0.15, 0.2) is 0 Å². The van der Waals surface area contributed by atoms with Crippen LogP contribution in [0.2, 0.25) is 0 Å². The summed E-state index contributed by atoms with van der Waals surface area (Å²) in [5, 5.41) is 11.7. The Morgan fingerprint density at radius 2 is 2.20 bits per heavy atom. The van der Waals surface area contributed by atoms with Gasteiger partial charge in [-0.3, -0.25) is 0 Å². The highest BCUT2D eigenvalue weighted by Gasteiger charge is 2.17. The van der Waals surface area contributed by atoms with Crippen molar-refractivity contribution in [3.63, 3.8) is 0 Å². The summed E-state index contributed by atoms with van der Waals surface area (Å²) in [6.45, 7) is 4.24. The molecular formula is C10H22N2O3. The second-order valence-corrected chi connectivity index (χ2v) is 3.65. The Morgan fingerprint density at radius 1 is 1.60 bits per heavy atom. The van der Waals surface area contributed by atoms with E-state index >= 15 is 0 Å². The molecule has 0 heterocycles. The van der Waals surface area contributed by atoms with Crippen LogP contribution in [0.25, 0.3) is 0 Å². The molecule has 0 saturated carbocycles. The monoisotopic (exact) mass is 218 g/mol. The van der Waals surface area contributed by atoms with Crippen molar-refractivity contribution in [2.75, 3.05) is 27.4 Å². The van der Waals surface area contributed by atoms with E-state index in [0.717, 1.165) is 6.42 Å². The Hall–Kier alpha value is -0.810. The van der Waals surface area contributed by atoms with E-state index in [9.17, 15) is 4.79 Å². The van der Waals surface area contributed by atoms with Gasteiger partial charge in [-0.25, -0.2) is 4.79 Å². The molecule has 0 radical (unpaired) electrons. The molecule has 0 bridgehead atoms. The van der Waals surface area contributed by atoms with Crippen LogP contribution in [0, 0.1) is 0 Å². The summed E-state index contributed by atoms with van der Waals surface area (Å²) in [5.41, 5.74) is 0. The Morgan fingerprint density at radius 3 is 2.60 bits per heavy atom. The SMILES string of the molecule is CCC(COC)NC(=O)N(C)C(C)CO. The first-order valence-corrected chi connectivity index (χ1v) is 5.19. The van der Waals surface area contributed by atoms with Crippen LogP contribution in [0.1, 0.15) is 20.3 Å². The normalized spacial score (nSPS) is 14.5. The van der Waals surface area contributed by atoms with Gasteiger partial charge in [0.25, 0.3) is 0 Å². The van der Waals surface area contributed by atoms with E-state index in [-0.39, 0.29) is 24.7 Å². The molecule has 15 heavy (non-hydrogen) atoms. The van der Waals surface area contributed by atoms with Crippen molar-refractivity contribution in [3.8, 4) is 0 Å². The molecule has 0 saturated heterocycles. The third-order valence-electron chi connectivity index (χ3n) is 2.43. The minimum absolute atomic E-state index is 0.0239. The molecule has 5 nitrogen and oxygen atoms in total. The molecule has 2 N–H and O–H groups in total. The summed E-state index contributed by atoms with van der Waals surface area (Å²) in [6, 6.07) is -0.332. The second-order valence-electron chi connectivity index (χ2n) is 3.65. The maximum atomic E-state index is 11.6. The van der Waals surface area contributed by atoms with Crippen molar-refractivity contribution in [2.24, 2.45) is 0 Å². The van der Waals surface area contributed by atoms with Crippen LogP contribution < -0.4 is 5.32 Å². The first-order chi connectivity index (χ1) is 7.06. The zero-order valence-corrected chi connectivity index (χ0v) is 9.99. The number of urea groups is 1. The number of carbonyl (C=O) groups excluding carboxylic acids is 1. The molecule has 0 spiro atoms. The number of aliphatic hydroxyl groups is 1. The number of nitrogens with one attached hydrogen (secondary N) is 1. The van der Waals surface area contributed by atoms with Gasteiger partial charge in [0.2, 0.25) is 0 Å². The molecule has 0 rings (SSSR count). The first kappa shape index (κ1) is 14.2. The van der Waals surface area contributed by atoms with Crippen LogP contribution in [0.15, 0.2) is 0 Å². The molecule has 0 aromatic rings. The predicted molar refractivity (Wildman–Crippen MR) is 58.8 cm³/mol. The number of hydrogen-bond acceptors (Lipinski definition) is 3. The lowest BCUT2D eigenvalue weighted by Crippen LogP contribution is -2.48. The van der Waals surface area contributed by atoms with Gasteiger partial charge < -0.3 is 20.1 Å². The van der Waals surface area contributed by atoms with Crippen molar-refractivity contribution in [1.29, 1.82) is 0 Å². The fraction of sp³-hybridized carbons (Fsp3) is 0.900. The van der Waals surface area contributed by atoms with E-state index in [0.29, 0.717) is 6.61 Å². The lowest BCUT2D eigenvalue weighted by molar-refractivity contribution is 0.138. The predicted octanol–water partition coefficient (Wildman–Crippen LogP) is 0.434. The van der Waals surface area contributed by atoms with Crippen molar-refractivity contribution in [3.05, 3.63) is 0 Å². The maximum Gasteiger partial charge on any atom is 0.317 e. The summed E-state index contributed by atoms with van der Waals surface area (Å²) in [4.78, 5) is 13.1. The third-order valence-corrected chi connectivity index (χ3v) is 2.43. The zero-order valence-electron chi connectivity index (χ0n) is 9.99. The average molecular weight is 218 g/mol. The van der Waals surface area contributed by atoms with E-state index < -0.39 is 0 Å². The van der Waals surface area contributed by atoms with Gasteiger partial charge >= 0.3 is 6.03 Å². The van der Waals surface area contributed by atoms with Crippen molar-refractivity contribution in [2.45, 2.75) is 32.4 Å². The average Bonchev–Trinajstić information content (AvgIpc) is 2.26. The number of amides is 2. The number of methoxy groups -OCH3 is 1. The smallest absolute Gasteiger partial charge is 0.317 e. The molecule has 0 aliphatic heterocycles. The van der Waals surface area contributed by atoms with E-state index in [2.05, 4.69) is 5.32 Å². The van der Waals surface area contributed by atoms with Gasteiger partial charge in [0.1, 0.15) is 0 Å². The Balaban J connectivity index is 4.09. The van der Waals surface area contributed by atoms with Crippen LogP contribution in [0.3, 0.4) is 0 Å². The van der Waals surface area contributed by atoms with Crippen LogP contribution in [0.5, 0.6) is 0 Å². The number of carbonyl (C=O) groups is 1. The largest absolute Gasteiger partial charge is 0.394 e. The summed E-state index contributed by atoms with van der Waals surface area (Å²) in [7, 11) is 3.27. The number of hydrogen-bond donors (Lipinski definition) is 2. The highest BCUT2D eigenvalue weighted by Crippen LogP contribution is 1.98. The number of aliphatic hydroxyl groups excluding tert-OH is 1. The van der Waals surface area contributed by atoms with Gasteiger partial charge in [-0.05, 0) is 13.3 Å². The van der Waals surface area contributed by atoms with Crippen LogP contribution in [0.4, 0.5) is 4.79 Å². The fourth-order valence-corrected chi connectivity index (χ4v) is 1.06. The van der Waals surface area contributed by atoms with Gasteiger partial charge in [0, 0.05) is 14.2 Å². The molecule has 0 aliphatic rings. The number of likely N-dealkylation sites (N-methyl/N-ethyl adjacent to an activating group) is 1. The lowest BCUT2D eigenvalue weighted by Gasteiger charge is -2.26. The van der Waals surface area contributed by atoms with Crippen molar-refractivity contribution < 1.29 is 14.6 Å². The number of rotatable bonds is 6.